The van der Waals surface area contributed by atoms with Gasteiger partial charge in [-0.15, -0.1) is 0 Å². The molecule has 1 N–H and O–H groups in total. The molecule has 2 aromatic rings. The van der Waals surface area contributed by atoms with Gasteiger partial charge in [0.25, 0.3) is 5.91 Å². The van der Waals surface area contributed by atoms with Gasteiger partial charge < -0.3 is 14.8 Å². The molecule has 1 atom stereocenters. The molecular weight excluding hydrogens is 388 g/mol. The fraction of sp³-hybridized carbons (Fsp3) is 0.500. The molecule has 0 unspecified atom stereocenters. The van der Waals surface area contributed by atoms with E-state index in [1.54, 1.807) is 7.11 Å². The van der Waals surface area contributed by atoms with E-state index in [1.165, 1.54) is 44.3 Å². The van der Waals surface area contributed by atoms with Crippen LogP contribution in [0.25, 0.3) is 0 Å². The summed E-state index contributed by atoms with van der Waals surface area (Å²) in [4.78, 5) is 15.6. The maximum absolute atomic E-state index is 13.0. The largest absolute Gasteiger partial charge is 0.497 e. The zero-order chi connectivity index (χ0) is 21.8. The molecule has 1 saturated heterocycles. The van der Waals surface area contributed by atoms with Crippen molar-refractivity contribution in [2.24, 2.45) is 0 Å². The molecule has 2 aliphatic rings. The summed E-state index contributed by atoms with van der Waals surface area (Å²) in [5.41, 5.74) is 2.57. The van der Waals surface area contributed by atoms with Gasteiger partial charge in [0.15, 0.2) is 0 Å². The highest BCUT2D eigenvalue weighted by Gasteiger charge is 2.35. The molecular formula is C26H34N2O3. The Morgan fingerprint density at radius 1 is 1.10 bits per heavy atom. The van der Waals surface area contributed by atoms with Gasteiger partial charge in [0, 0.05) is 24.1 Å². The Hall–Kier alpha value is -2.53. The summed E-state index contributed by atoms with van der Waals surface area (Å²) in [5, 5.41) is 3.22. The average molecular weight is 423 g/mol. The number of ether oxygens (including phenoxy) is 2. The van der Waals surface area contributed by atoms with E-state index in [-0.39, 0.29) is 17.6 Å². The summed E-state index contributed by atoms with van der Waals surface area (Å²) in [5.74, 6) is 1.51. The highest BCUT2D eigenvalue weighted by atomic mass is 16.5. The van der Waals surface area contributed by atoms with E-state index in [4.69, 9.17) is 9.47 Å². The molecule has 0 aromatic heterocycles. The van der Waals surface area contributed by atoms with Crippen molar-refractivity contribution in [3.63, 3.8) is 0 Å². The molecule has 1 fully saturated rings. The highest BCUT2D eigenvalue weighted by Crippen LogP contribution is 2.41. The molecule has 0 bridgehead atoms. The third-order valence-corrected chi connectivity index (χ3v) is 6.30. The SMILES string of the molecule is COc1ccc2c(c1)[C@@H](NC(=O)c1ccc(CN3CCCCCC3)cc1)CC(C)(C)O2. The third kappa shape index (κ3) is 5.40. The van der Waals surface area contributed by atoms with Crippen molar-refractivity contribution in [1.82, 2.24) is 10.2 Å². The number of amides is 1. The van der Waals surface area contributed by atoms with Crippen LogP contribution in [0, 0.1) is 0 Å². The van der Waals surface area contributed by atoms with Crippen LogP contribution in [0.2, 0.25) is 0 Å². The van der Waals surface area contributed by atoms with Crippen LogP contribution >= 0.6 is 0 Å². The molecule has 2 aliphatic heterocycles. The first kappa shape index (κ1) is 21.7. The lowest BCUT2D eigenvalue weighted by atomic mass is 9.89. The highest BCUT2D eigenvalue weighted by molar-refractivity contribution is 5.94. The number of fused-ring (bicyclic) bond motifs is 1. The first-order chi connectivity index (χ1) is 14.9. The summed E-state index contributed by atoms with van der Waals surface area (Å²) in [7, 11) is 1.65. The molecule has 5 heteroatoms. The molecule has 1 amide bonds. The minimum atomic E-state index is -0.351. The fourth-order valence-electron chi connectivity index (χ4n) is 4.64. The number of carbonyl (C=O) groups is 1. The Balaban J connectivity index is 1.45. The molecule has 5 nitrogen and oxygen atoms in total. The number of carbonyl (C=O) groups excluding carboxylic acids is 1. The van der Waals surface area contributed by atoms with Crippen LogP contribution in [0.15, 0.2) is 42.5 Å². The van der Waals surface area contributed by atoms with Crippen LogP contribution in [0.4, 0.5) is 0 Å². The van der Waals surface area contributed by atoms with Gasteiger partial charge in [-0.25, -0.2) is 0 Å². The van der Waals surface area contributed by atoms with E-state index >= 15 is 0 Å². The molecule has 0 radical (unpaired) electrons. The normalized spacial score (nSPS) is 20.8. The Kier molecular flexibility index (Phi) is 6.51. The fourth-order valence-corrected chi connectivity index (χ4v) is 4.64. The Morgan fingerprint density at radius 3 is 2.48 bits per heavy atom. The Labute approximate surface area is 185 Å². The third-order valence-electron chi connectivity index (χ3n) is 6.30. The molecule has 31 heavy (non-hydrogen) atoms. The number of hydrogen-bond donors (Lipinski definition) is 1. The van der Waals surface area contributed by atoms with Crippen molar-refractivity contribution in [3.8, 4) is 11.5 Å². The Bertz CT molecular complexity index is 899. The number of nitrogens with one attached hydrogen (secondary N) is 1. The predicted molar refractivity (Wildman–Crippen MR) is 123 cm³/mol. The van der Waals surface area contributed by atoms with Crippen molar-refractivity contribution in [1.29, 1.82) is 0 Å². The van der Waals surface area contributed by atoms with E-state index < -0.39 is 0 Å². The number of likely N-dealkylation sites (tertiary alicyclic amines) is 1. The zero-order valence-corrected chi connectivity index (χ0v) is 18.9. The van der Waals surface area contributed by atoms with E-state index in [2.05, 4.69) is 36.2 Å². The molecule has 0 spiro atoms. The quantitative estimate of drug-likeness (QED) is 0.728. The van der Waals surface area contributed by atoms with Crippen LogP contribution < -0.4 is 14.8 Å². The molecule has 4 rings (SSSR count). The van der Waals surface area contributed by atoms with E-state index in [9.17, 15) is 4.79 Å². The lowest BCUT2D eigenvalue weighted by molar-refractivity contribution is 0.0618. The van der Waals surface area contributed by atoms with Crippen molar-refractivity contribution < 1.29 is 14.3 Å². The average Bonchev–Trinajstić information content (AvgIpc) is 3.02. The van der Waals surface area contributed by atoms with Crippen LogP contribution in [0.1, 0.15) is 73.5 Å². The van der Waals surface area contributed by atoms with Crippen molar-refractivity contribution in [2.45, 2.75) is 64.1 Å². The number of methoxy groups -OCH3 is 1. The minimum absolute atomic E-state index is 0.0576. The van der Waals surface area contributed by atoms with Crippen LogP contribution in [-0.4, -0.2) is 36.6 Å². The van der Waals surface area contributed by atoms with Crippen molar-refractivity contribution in [3.05, 3.63) is 59.2 Å². The van der Waals surface area contributed by atoms with Gasteiger partial charge in [-0.05, 0) is 75.7 Å². The lowest BCUT2D eigenvalue weighted by Crippen LogP contribution is -2.41. The second kappa shape index (κ2) is 9.31. The number of benzene rings is 2. The maximum Gasteiger partial charge on any atom is 0.251 e. The molecule has 166 valence electrons. The summed E-state index contributed by atoms with van der Waals surface area (Å²) in [6.07, 6.45) is 5.95. The van der Waals surface area contributed by atoms with Crippen LogP contribution in [0.5, 0.6) is 11.5 Å². The van der Waals surface area contributed by atoms with Gasteiger partial charge in [-0.3, -0.25) is 9.69 Å². The zero-order valence-electron chi connectivity index (χ0n) is 18.9. The second-order valence-corrected chi connectivity index (χ2v) is 9.38. The van der Waals surface area contributed by atoms with Gasteiger partial charge >= 0.3 is 0 Å². The molecule has 0 aliphatic carbocycles. The lowest BCUT2D eigenvalue weighted by Gasteiger charge is -2.38. The van der Waals surface area contributed by atoms with Crippen molar-refractivity contribution in [2.75, 3.05) is 20.2 Å². The Morgan fingerprint density at radius 2 is 1.81 bits per heavy atom. The monoisotopic (exact) mass is 422 g/mol. The molecule has 0 saturated carbocycles. The van der Waals surface area contributed by atoms with Gasteiger partial charge in [0.2, 0.25) is 0 Å². The van der Waals surface area contributed by atoms with Gasteiger partial charge in [-0.2, -0.15) is 0 Å². The minimum Gasteiger partial charge on any atom is -0.497 e. The number of rotatable bonds is 5. The van der Waals surface area contributed by atoms with E-state index in [0.717, 1.165) is 23.6 Å². The number of nitrogens with zero attached hydrogens (tertiary/aromatic N) is 1. The molecule has 2 heterocycles. The standard InChI is InChI=1S/C26H34N2O3/c1-26(2)17-23(22-16-21(30-3)12-13-24(22)31-26)27-25(29)20-10-8-19(9-11-20)18-28-14-6-4-5-7-15-28/h8-13,16,23H,4-7,14-15,17-18H2,1-3H3,(H,27,29)/t23-/m0/s1. The first-order valence-corrected chi connectivity index (χ1v) is 11.4. The van der Waals surface area contributed by atoms with E-state index in [0.29, 0.717) is 12.0 Å². The first-order valence-electron chi connectivity index (χ1n) is 11.4. The van der Waals surface area contributed by atoms with Gasteiger partial charge in [0.1, 0.15) is 17.1 Å². The predicted octanol–water partition coefficient (Wildman–Crippen LogP) is 5.10. The topological polar surface area (TPSA) is 50.8 Å². The summed E-state index contributed by atoms with van der Waals surface area (Å²) >= 11 is 0. The maximum atomic E-state index is 13.0. The van der Waals surface area contributed by atoms with Crippen LogP contribution in [-0.2, 0) is 6.54 Å². The second-order valence-electron chi connectivity index (χ2n) is 9.38. The van der Waals surface area contributed by atoms with Crippen molar-refractivity contribution >= 4 is 5.91 Å². The number of hydrogen-bond acceptors (Lipinski definition) is 4. The van der Waals surface area contributed by atoms with Crippen LogP contribution in [0.3, 0.4) is 0 Å². The summed E-state index contributed by atoms with van der Waals surface area (Å²) < 4.78 is 11.5. The summed E-state index contributed by atoms with van der Waals surface area (Å²) in [6, 6.07) is 13.7. The van der Waals surface area contributed by atoms with Gasteiger partial charge in [-0.1, -0.05) is 25.0 Å². The molecule has 2 aromatic carbocycles. The van der Waals surface area contributed by atoms with E-state index in [1.807, 2.05) is 30.3 Å². The summed E-state index contributed by atoms with van der Waals surface area (Å²) in [6.45, 7) is 7.41. The smallest absolute Gasteiger partial charge is 0.251 e. The van der Waals surface area contributed by atoms with Gasteiger partial charge in [0.05, 0.1) is 13.2 Å².